The maximum absolute atomic E-state index is 4.60. The molecule has 0 N–H and O–H groups in total. The fourth-order valence-electron chi connectivity index (χ4n) is 5.08. The molecule has 28 heavy (non-hydrogen) atoms. The molecular formula is C27H32N+. The predicted octanol–water partition coefficient (Wildman–Crippen LogP) is 7.07. The molecule has 0 aliphatic carbocycles. The Bertz CT molecular complexity index is 1020. The van der Waals surface area contributed by atoms with Crippen molar-refractivity contribution in [2.24, 2.45) is 0 Å². The molecular weight excluding hydrogens is 338 g/mol. The lowest BCUT2D eigenvalue weighted by Gasteiger charge is -2.36. The molecule has 144 valence electrons. The number of benzene rings is 2. The summed E-state index contributed by atoms with van der Waals surface area (Å²) in [5.74, 6) is 0. The maximum Gasteiger partial charge on any atom is 0.226 e. The van der Waals surface area contributed by atoms with Crippen molar-refractivity contribution in [3.05, 3.63) is 72.4 Å². The number of fused-ring (bicyclic) bond motifs is 5. The van der Waals surface area contributed by atoms with Gasteiger partial charge < -0.3 is 0 Å². The average molecular weight is 371 g/mol. The van der Waals surface area contributed by atoms with Crippen LogP contribution in [0.3, 0.4) is 0 Å². The summed E-state index contributed by atoms with van der Waals surface area (Å²) in [4.78, 5) is 0. The van der Waals surface area contributed by atoms with Gasteiger partial charge in [-0.3, -0.25) is 0 Å². The van der Waals surface area contributed by atoms with Crippen LogP contribution in [0.4, 0.5) is 0 Å². The molecule has 0 radical (unpaired) electrons. The number of rotatable bonds is 6. The van der Waals surface area contributed by atoms with E-state index in [0.717, 1.165) is 19.3 Å². The van der Waals surface area contributed by atoms with Crippen molar-refractivity contribution in [3.8, 4) is 11.3 Å². The molecule has 0 bridgehead atoms. The largest absolute Gasteiger partial charge is 0.226 e. The van der Waals surface area contributed by atoms with Gasteiger partial charge in [-0.1, -0.05) is 63.9 Å². The SMILES string of the molecule is C=C1[n+]2ccc3ccccc3c2-c2cc(CCCCC)ccc2C1(CC)CC. The second-order valence-electron chi connectivity index (χ2n) is 8.19. The first-order valence-electron chi connectivity index (χ1n) is 10.9. The number of hydrogen-bond donors (Lipinski definition) is 0. The zero-order valence-corrected chi connectivity index (χ0v) is 17.6. The standard InChI is InChI=1S/C27H32N/c1-5-8-9-12-21-15-16-25-24(19-21)26-23-14-11-10-13-22(23)17-18-28(26)20(4)27(25,6-2)7-3/h10-11,13-19H,4-9,12H2,1-3H3/q+1. The molecule has 0 unspecified atom stereocenters. The Labute approximate surface area is 169 Å². The average Bonchev–Trinajstić information content (AvgIpc) is 2.74. The second-order valence-corrected chi connectivity index (χ2v) is 8.19. The molecule has 0 amide bonds. The van der Waals surface area contributed by atoms with Gasteiger partial charge in [0, 0.05) is 6.07 Å². The van der Waals surface area contributed by atoms with Gasteiger partial charge in [-0.15, -0.1) is 0 Å². The number of hydrogen-bond acceptors (Lipinski definition) is 0. The number of nitrogens with zero attached hydrogens (tertiary/aromatic N) is 1. The Balaban J connectivity index is 1.99. The van der Waals surface area contributed by atoms with E-state index in [1.807, 2.05) is 0 Å². The van der Waals surface area contributed by atoms with Crippen LogP contribution in [0.2, 0.25) is 0 Å². The minimum absolute atomic E-state index is 0.0113. The first kappa shape index (κ1) is 18.9. The van der Waals surface area contributed by atoms with Gasteiger partial charge in [0.25, 0.3) is 0 Å². The van der Waals surface area contributed by atoms with Crippen molar-refractivity contribution >= 4 is 16.5 Å². The van der Waals surface area contributed by atoms with Gasteiger partial charge in [-0.05, 0) is 60.9 Å². The molecule has 0 fully saturated rings. The molecule has 2 heterocycles. The second kappa shape index (κ2) is 7.54. The highest BCUT2D eigenvalue weighted by atomic mass is 15.0. The smallest absolute Gasteiger partial charge is 0.163 e. The molecule has 0 saturated carbocycles. The number of pyridine rings is 1. The number of allylic oxidation sites excluding steroid dienone is 1. The fourth-order valence-corrected chi connectivity index (χ4v) is 5.08. The van der Waals surface area contributed by atoms with E-state index in [-0.39, 0.29) is 5.41 Å². The lowest BCUT2D eigenvalue weighted by Crippen LogP contribution is -2.48. The van der Waals surface area contributed by atoms with Gasteiger partial charge in [-0.2, -0.15) is 4.57 Å². The maximum atomic E-state index is 4.60. The third-order valence-electron chi connectivity index (χ3n) is 6.83. The molecule has 4 rings (SSSR count). The zero-order valence-electron chi connectivity index (χ0n) is 17.6. The van der Waals surface area contributed by atoms with Crippen LogP contribution in [0, 0.1) is 0 Å². The normalized spacial score (nSPS) is 14.8. The summed E-state index contributed by atoms with van der Waals surface area (Å²) in [5.41, 5.74) is 6.86. The molecule has 1 heteroatoms. The first-order valence-corrected chi connectivity index (χ1v) is 10.9. The first-order chi connectivity index (χ1) is 13.7. The highest BCUT2D eigenvalue weighted by molar-refractivity contribution is 5.95. The van der Waals surface area contributed by atoms with Gasteiger partial charge in [0.2, 0.25) is 5.69 Å². The topological polar surface area (TPSA) is 3.88 Å². The predicted molar refractivity (Wildman–Crippen MR) is 120 cm³/mol. The van der Waals surface area contributed by atoms with Crippen molar-refractivity contribution in [2.75, 3.05) is 0 Å². The Morgan fingerprint density at radius 1 is 0.929 bits per heavy atom. The lowest BCUT2D eigenvalue weighted by molar-refractivity contribution is -0.576. The lowest BCUT2D eigenvalue weighted by atomic mass is 9.68. The summed E-state index contributed by atoms with van der Waals surface area (Å²) in [6.45, 7) is 11.5. The van der Waals surface area contributed by atoms with Gasteiger partial charge in [0.15, 0.2) is 11.9 Å². The summed E-state index contributed by atoms with van der Waals surface area (Å²) < 4.78 is 2.37. The summed E-state index contributed by atoms with van der Waals surface area (Å²) in [6.07, 6.45) is 9.38. The van der Waals surface area contributed by atoms with E-state index < -0.39 is 0 Å². The van der Waals surface area contributed by atoms with Crippen LogP contribution in [0.1, 0.15) is 64.0 Å². The van der Waals surface area contributed by atoms with Gasteiger partial charge in [0.1, 0.15) is 0 Å². The van der Waals surface area contributed by atoms with Crippen LogP contribution in [-0.2, 0) is 11.8 Å². The molecule has 1 aromatic heterocycles. The molecule has 2 aromatic carbocycles. The Kier molecular flexibility index (Phi) is 5.10. The van der Waals surface area contributed by atoms with Crippen molar-refractivity contribution in [1.29, 1.82) is 0 Å². The molecule has 0 saturated heterocycles. The van der Waals surface area contributed by atoms with E-state index in [4.69, 9.17) is 0 Å². The van der Waals surface area contributed by atoms with Gasteiger partial charge in [0.05, 0.1) is 16.4 Å². The van der Waals surface area contributed by atoms with E-state index >= 15 is 0 Å². The molecule has 0 spiro atoms. The summed E-state index contributed by atoms with van der Waals surface area (Å²) in [7, 11) is 0. The Morgan fingerprint density at radius 2 is 1.71 bits per heavy atom. The minimum Gasteiger partial charge on any atom is -0.163 e. The van der Waals surface area contributed by atoms with Crippen LogP contribution >= 0.6 is 0 Å². The van der Waals surface area contributed by atoms with E-state index in [1.54, 1.807) is 0 Å². The summed E-state index contributed by atoms with van der Waals surface area (Å²) in [5, 5.41) is 2.61. The zero-order chi connectivity index (χ0) is 19.7. The summed E-state index contributed by atoms with van der Waals surface area (Å²) in [6, 6.07) is 18.2. The van der Waals surface area contributed by atoms with Crippen molar-refractivity contribution in [2.45, 2.75) is 64.7 Å². The third kappa shape index (κ3) is 2.80. The van der Waals surface area contributed by atoms with Gasteiger partial charge >= 0.3 is 0 Å². The van der Waals surface area contributed by atoms with Crippen LogP contribution in [0.5, 0.6) is 0 Å². The quantitative estimate of drug-likeness (QED) is 0.323. The molecule has 1 aliphatic rings. The van der Waals surface area contributed by atoms with Crippen molar-refractivity contribution in [1.82, 2.24) is 0 Å². The molecule has 3 aromatic rings. The highest BCUT2D eigenvalue weighted by Gasteiger charge is 2.46. The number of unbranched alkanes of at least 4 members (excludes halogenated alkanes) is 2. The Morgan fingerprint density at radius 3 is 2.46 bits per heavy atom. The van der Waals surface area contributed by atoms with Crippen molar-refractivity contribution in [3.63, 3.8) is 0 Å². The van der Waals surface area contributed by atoms with Crippen LogP contribution < -0.4 is 4.57 Å². The van der Waals surface area contributed by atoms with E-state index in [1.165, 1.54) is 58.1 Å². The summed E-state index contributed by atoms with van der Waals surface area (Å²) >= 11 is 0. The molecule has 0 atom stereocenters. The number of aryl methyl sites for hydroxylation is 1. The third-order valence-corrected chi connectivity index (χ3v) is 6.83. The Hall–Kier alpha value is -2.41. The number of aromatic nitrogens is 1. The molecule has 1 aliphatic heterocycles. The van der Waals surface area contributed by atoms with Crippen molar-refractivity contribution < 1.29 is 4.57 Å². The van der Waals surface area contributed by atoms with E-state index in [0.29, 0.717) is 0 Å². The van der Waals surface area contributed by atoms with Crippen LogP contribution in [0.25, 0.3) is 27.7 Å². The molecule has 1 nitrogen and oxygen atoms in total. The van der Waals surface area contributed by atoms with Crippen LogP contribution in [-0.4, -0.2) is 0 Å². The monoisotopic (exact) mass is 370 g/mol. The fraction of sp³-hybridized carbons (Fsp3) is 0.370. The highest BCUT2D eigenvalue weighted by Crippen LogP contribution is 2.47. The van der Waals surface area contributed by atoms with Crippen LogP contribution in [0.15, 0.2) is 61.3 Å². The van der Waals surface area contributed by atoms with E-state index in [9.17, 15) is 0 Å². The van der Waals surface area contributed by atoms with Gasteiger partial charge in [-0.25, -0.2) is 0 Å². The minimum atomic E-state index is 0.0113. The van der Waals surface area contributed by atoms with E-state index in [2.05, 4.69) is 86.6 Å².